The Kier molecular flexibility index (Phi) is 3.96. The molecule has 110 valence electrons. The molecule has 2 aromatic rings. The highest BCUT2D eigenvalue weighted by molar-refractivity contribution is 5.94. The molecular formula is C15H18N4O2. The Morgan fingerprint density at radius 2 is 2.24 bits per heavy atom. The van der Waals surface area contributed by atoms with E-state index in [0.29, 0.717) is 12.2 Å². The zero-order valence-corrected chi connectivity index (χ0v) is 11.9. The maximum atomic E-state index is 12.3. The van der Waals surface area contributed by atoms with Crippen LogP contribution in [0.1, 0.15) is 34.9 Å². The third kappa shape index (κ3) is 3.11. The molecule has 1 N–H and O–H groups in total. The summed E-state index contributed by atoms with van der Waals surface area (Å²) in [6.07, 6.45) is 8.66. The molecule has 6 nitrogen and oxygen atoms in total. The van der Waals surface area contributed by atoms with Crippen LogP contribution in [0, 0.1) is 0 Å². The second-order valence-electron chi connectivity index (χ2n) is 5.20. The minimum Gasteiger partial charge on any atom is -0.371 e. The van der Waals surface area contributed by atoms with Crippen molar-refractivity contribution >= 4 is 5.91 Å². The van der Waals surface area contributed by atoms with Gasteiger partial charge in [-0.05, 0) is 25.0 Å². The monoisotopic (exact) mass is 286 g/mol. The van der Waals surface area contributed by atoms with Crippen molar-refractivity contribution in [2.75, 3.05) is 6.61 Å². The summed E-state index contributed by atoms with van der Waals surface area (Å²) < 4.78 is 7.59. The van der Waals surface area contributed by atoms with Crippen molar-refractivity contribution in [3.63, 3.8) is 0 Å². The Balaban J connectivity index is 1.74. The number of nitrogens with zero attached hydrogens (tertiary/aromatic N) is 3. The van der Waals surface area contributed by atoms with Gasteiger partial charge in [0.1, 0.15) is 6.10 Å². The fraction of sp³-hybridized carbons (Fsp3) is 0.400. The molecular weight excluding hydrogens is 268 g/mol. The number of ether oxygens (including phenoxy) is 1. The van der Waals surface area contributed by atoms with Crippen LogP contribution in [0.25, 0.3) is 0 Å². The van der Waals surface area contributed by atoms with Crippen LogP contribution in [0.15, 0.2) is 36.9 Å². The summed E-state index contributed by atoms with van der Waals surface area (Å²) in [6, 6.07) is 3.37. The first kappa shape index (κ1) is 13.8. The van der Waals surface area contributed by atoms with Gasteiger partial charge in [-0.15, -0.1) is 0 Å². The van der Waals surface area contributed by atoms with Gasteiger partial charge in [0.25, 0.3) is 5.91 Å². The first-order valence-corrected chi connectivity index (χ1v) is 7.05. The predicted molar refractivity (Wildman–Crippen MR) is 76.6 cm³/mol. The lowest BCUT2D eigenvalue weighted by molar-refractivity contribution is -0.00949. The molecule has 0 aromatic carbocycles. The Labute approximate surface area is 123 Å². The molecule has 0 radical (unpaired) electrons. The number of pyridine rings is 1. The van der Waals surface area contributed by atoms with Crippen molar-refractivity contribution in [1.29, 1.82) is 0 Å². The zero-order valence-electron chi connectivity index (χ0n) is 11.9. The Morgan fingerprint density at radius 3 is 2.95 bits per heavy atom. The lowest BCUT2D eigenvalue weighted by atomic mass is 9.98. The summed E-state index contributed by atoms with van der Waals surface area (Å²) in [5.74, 6) is -0.0956. The van der Waals surface area contributed by atoms with Gasteiger partial charge in [0.05, 0.1) is 12.2 Å². The third-order valence-electron chi connectivity index (χ3n) is 3.63. The van der Waals surface area contributed by atoms with Crippen LogP contribution >= 0.6 is 0 Å². The third-order valence-corrected chi connectivity index (χ3v) is 3.63. The van der Waals surface area contributed by atoms with Crippen LogP contribution in [0.5, 0.6) is 0 Å². The average Bonchev–Trinajstić information content (AvgIpc) is 2.95. The first-order valence-electron chi connectivity index (χ1n) is 7.05. The van der Waals surface area contributed by atoms with Crippen LogP contribution in [0.3, 0.4) is 0 Å². The first-order chi connectivity index (χ1) is 10.2. The Morgan fingerprint density at radius 1 is 1.43 bits per heavy atom. The van der Waals surface area contributed by atoms with Gasteiger partial charge in [-0.1, -0.05) is 0 Å². The summed E-state index contributed by atoms with van der Waals surface area (Å²) in [6.45, 7) is 0.710. The second-order valence-corrected chi connectivity index (χ2v) is 5.20. The number of amides is 1. The van der Waals surface area contributed by atoms with Crippen LogP contribution < -0.4 is 5.32 Å². The summed E-state index contributed by atoms with van der Waals surface area (Å²) in [4.78, 5) is 16.2. The number of hydrogen-bond donors (Lipinski definition) is 1. The number of aromatic nitrogens is 3. The van der Waals surface area contributed by atoms with E-state index in [9.17, 15) is 4.79 Å². The van der Waals surface area contributed by atoms with E-state index in [2.05, 4.69) is 15.4 Å². The minimum absolute atomic E-state index is 0.0383. The molecule has 0 unspecified atom stereocenters. The van der Waals surface area contributed by atoms with E-state index in [4.69, 9.17) is 4.74 Å². The quantitative estimate of drug-likeness (QED) is 0.927. The molecule has 2 aromatic heterocycles. The van der Waals surface area contributed by atoms with Gasteiger partial charge in [-0.3, -0.25) is 14.5 Å². The van der Waals surface area contributed by atoms with Crippen LogP contribution in [0.2, 0.25) is 0 Å². The molecule has 3 rings (SSSR count). The Hall–Kier alpha value is -2.21. The van der Waals surface area contributed by atoms with Gasteiger partial charge in [0.15, 0.2) is 0 Å². The molecule has 0 aliphatic carbocycles. The number of aryl methyl sites for hydroxylation is 1. The van der Waals surface area contributed by atoms with E-state index < -0.39 is 0 Å². The molecule has 1 aliphatic heterocycles. The molecule has 3 heterocycles. The topological polar surface area (TPSA) is 69.0 Å². The van der Waals surface area contributed by atoms with Gasteiger partial charge in [0.2, 0.25) is 0 Å². The van der Waals surface area contributed by atoms with Crippen molar-refractivity contribution in [2.45, 2.75) is 25.0 Å². The van der Waals surface area contributed by atoms with E-state index in [0.717, 1.165) is 18.4 Å². The van der Waals surface area contributed by atoms with Crippen molar-refractivity contribution in [3.05, 3.63) is 48.0 Å². The highest BCUT2D eigenvalue weighted by Crippen LogP contribution is 2.28. The molecule has 21 heavy (non-hydrogen) atoms. The van der Waals surface area contributed by atoms with E-state index in [1.165, 1.54) is 0 Å². The molecule has 2 atom stereocenters. The molecule has 0 spiro atoms. The smallest absolute Gasteiger partial charge is 0.251 e. The van der Waals surface area contributed by atoms with Crippen LogP contribution in [-0.2, 0) is 11.8 Å². The number of rotatable bonds is 3. The van der Waals surface area contributed by atoms with Crippen molar-refractivity contribution in [1.82, 2.24) is 20.1 Å². The molecule has 1 fully saturated rings. The molecule has 0 bridgehead atoms. The highest BCUT2D eigenvalue weighted by Gasteiger charge is 2.29. The maximum Gasteiger partial charge on any atom is 0.251 e. The van der Waals surface area contributed by atoms with Crippen LogP contribution in [-0.4, -0.2) is 33.3 Å². The largest absolute Gasteiger partial charge is 0.371 e. The summed E-state index contributed by atoms with van der Waals surface area (Å²) >= 11 is 0. The second kappa shape index (κ2) is 6.05. The van der Waals surface area contributed by atoms with Crippen LogP contribution in [0.4, 0.5) is 0 Å². The number of carbonyl (C=O) groups is 1. The standard InChI is InChI=1S/C15H18N4O2/c1-19-10-12(9-17-19)14-13(3-2-8-21-14)18-15(20)11-4-6-16-7-5-11/h4-7,9-10,13-14H,2-3,8H2,1H3,(H,18,20)/t13-,14+/m0/s1. The number of carbonyl (C=O) groups excluding carboxylic acids is 1. The average molecular weight is 286 g/mol. The summed E-state index contributed by atoms with van der Waals surface area (Å²) in [7, 11) is 1.87. The maximum absolute atomic E-state index is 12.3. The van der Waals surface area contributed by atoms with Crippen molar-refractivity contribution < 1.29 is 9.53 Å². The molecule has 1 saturated heterocycles. The van der Waals surface area contributed by atoms with E-state index >= 15 is 0 Å². The van der Waals surface area contributed by atoms with Gasteiger partial charge in [-0.2, -0.15) is 5.10 Å². The van der Waals surface area contributed by atoms with Gasteiger partial charge >= 0.3 is 0 Å². The zero-order chi connectivity index (χ0) is 14.7. The van der Waals surface area contributed by atoms with Gasteiger partial charge in [0, 0.05) is 43.4 Å². The van der Waals surface area contributed by atoms with Gasteiger partial charge in [-0.25, -0.2) is 0 Å². The van der Waals surface area contributed by atoms with Crippen molar-refractivity contribution in [2.24, 2.45) is 7.05 Å². The highest BCUT2D eigenvalue weighted by atomic mass is 16.5. The SMILES string of the molecule is Cn1cc([C@H]2OCCC[C@@H]2NC(=O)c2ccncc2)cn1. The number of nitrogens with one attached hydrogen (secondary N) is 1. The summed E-state index contributed by atoms with van der Waals surface area (Å²) in [5, 5.41) is 7.24. The lowest BCUT2D eigenvalue weighted by Gasteiger charge is -2.31. The molecule has 6 heteroatoms. The molecule has 0 saturated carbocycles. The fourth-order valence-electron chi connectivity index (χ4n) is 2.60. The van der Waals surface area contributed by atoms with E-state index in [1.54, 1.807) is 35.4 Å². The van der Waals surface area contributed by atoms with Crippen molar-refractivity contribution in [3.8, 4) is 0 Å². The predicted octanol–water partition coefficient (Wildman–Crippen LogP) is 1.47. The molecule has 1 aliphatic rings. The molecule has 1 amide bonds. The fourth-order valence-corrected chi connectivity index (χ4v) is 2.60. The number of hydrogen-bond acceptors (Lipinski definition) is 4. The Bertz CT molecular complexity index is 611. The van der Waals surface area contributed by atoms with E-state index in [-0.39, 0.29) is 18.1 Å². The normalized spacial score (nSPS) is 22.0. The minimum atomic E-state index is -0.141. The van der Waals surface area contributed by atoms with E-state index in [1.807, 2.05) is 13.2 Å². The lowest BCUT2D eigenvalue weighted by Crippen LogP contribution is -2.42. The summed E-state index contributed by atoms with van der Waals surface area (Å²) in [5.41, 5.74) is 1.61. The van der Waals surface area contributed by atoms with Gasteiger partial charge < -0.3 is 10.1 Å².